The molecule has 0 saturated heterocycles. The molecule has 0 amide bonds. The second kappa shape index (κ2) is 5.50. The van der Waals surface area contributed by atoms with Crippen molar-refractivity contribution in [1.82, 2.24) is 0 Å². The Bertz CT molecular complexity index is 551. The third-order valence-corrected chi connectivity index (χ3v) is 3.16. The molecular formula is C14H16O6. The van der Waals surface area contributed by atoms with E-state index in [0.717, 1.165) is 6.07 Å². The molecule has 1 aliphatic heterocycles. The number of phenolic OH excluding ortho intramolecular Hbond substituents is 2. The lowest BCUT2D eigenvalue weighted by molar-refractivity contribution is -0.148. The highest BCUT2D eigenvalue weighted by atomic mass is 16.5. The van der Waals surface area contributed by atoms with Crippen LogP contribution in [0.2, 0.25) is 0 Å². The summed E-state index contributed by atoms with van der Waals surface area (Å²) in [6.45, 7) is 1.63. The van der Waals surface area contributed by atoms with Crippen molar-refractivity contribution in [3.63, 3.8) is 0 Å². The normalized spacial score (nSPS) is 23.9. The van der Waals surface area contributed by atoms with E-state index in [0.29, 0.717) is 0 Å². The molecule has 0 radical (unpaired) electrons. The Hall–Kier alpha value is -2.08. The quantitative estimate of drug-likeness (QED) is 0.610. The first-order chi connectivity index (χ1) is 9.36. The number of hydrogen-bond donors (Lipinski definition) is 3. The van der Waals surface area contributed by atoms with Gasteiger partial charge in [-0.15, -0.1) is 0 Å². The first kappa shape index (κ1) is 14.3. The van der Waals surface area contributed by atoms with Gasteiger partial charge >= 0.3 is 5.97 Å². The number of aromatic hydroxyl groups is 2. The van der Waals surface area contributed by atoms with E-state index >= 15 is 0 Å². The van der Waals surface area contributed by atoms with Crippen molar-refractivity contribution < 1.29 is 29.6 Å². The van der Waals surface area contributed by atoms with Gasteiger partial charge in [-0.2, -0.15) is 0 Å². The fourth-order valence-electron chi connectivity index (χ4n) is 2.38. The number of phenols is 2. The first-order valence-electron chi connectivity index (χ1n) is 6.32. The zero-order chi connectivity index (χ0) is 14.9. The summed E-state index contributed by atoms with van der Waals surface area (Å²) in [6.07, 6.45) is -1.69. The van der Waals surface area contributed by atoms with Crippen LogP contribution in [0, 0.1) is 0 Å². The molecule has 0 aliphatic carbocycles. The number of hydrogen-bond acceptors (Lipinski definition) is 6. The largest absolute Gasteiger partial charge is 0.508 e. The van der Waals surface area contributed by atoms with E-state index in [2.05, 4.69) is 0 Å². The summed E-state index contributed by atoms with van der Waals surface area (Å²) in [5.41, 5.74) is 0.146. The average molecular weight is 280 g/mol. The second-order valence-electron chi connectivity index (χ2n) is 4.99. The number of benzene rings is 1. The minimum atomic E-state index is -0.954. The Morgan fingerprint density at radius 1 is 1.25 bits per heavy atom. The van der Waals surface area contributed by atoms with Crippen LogP contribution in [-0.2, 0) is 16.0 Å². The van der Waals surface area contributed by atoms with Crippen molar-refractivity contribution in [2.24, 2.45) is 0 Å². The van der Waals surface area contributed by atoms with Crippen LogP contribution in [0.25, 0.3) is 0 Å². The topological polar surface area (TPSA) is 104 Å². The van der Waals surface area contributed by atoms with Gasteiger partial charge in [0.05, 0.1) is 18.1 Å². The third-order valence-electron chi connectivity index (χ3n) is 3.16. The summed E-state index contributed by atoms with van der Waals surface area (Å²) < 4.78 is 5.10. The van der Waals surface area contributed by atoms with Gasteiger partial charge < -0.3 is 20.1 Å². The number of cyclic esters (lactones) is 1. The van der Waals surface area contributed by atoms with E-state index in [1.165, 1.54) is 6.07 Å². The first-order valence-corrected chi connectivity index (χ1v) is 6.32. The number of carbonyl (C=O) groups is 2. The second-order valence-corrected chi connectivity index (χ2v) is 4.99. The van der Waals surface area contributed by atoms with Crippen molar-refractivity contribution in [2.75, 3.05) is 0 Å². The van der Waals surface area contributed by atoms with Crippen LogP contribution < -0.4 is 0 Å². The third kappa shape index (κ3) is 3.08. The van der Waals surface area contributed by atoms with Crippen LogP contribution in [-0.4, -0.2) is 39.3 Å². The maximum Gasteiger partial charge on any atom is 0.310 e. The smallest absolute Gasteiger partial charge is 0.310 e. The van der Waals surface area contributed by atoms with Crippen molar-refractivity contribution in [2.45, 2.75) is 38.4 Å². The molecule has 1 aromatic rings. The average Bonchev–Trinajstić information content (AvgIpc) is 2.24. The molecule has 0 fully saturated rings. The molecule has 20 heavy (non-hydrogen) atoms. The van der Waals surface area contributed by atoms with Gasteiger partial charge in [-0.25, -0.2) is 0 Å². The van der Waals surface area contributed by atoms with E-state index in [1.54, 1.807) is 6.92 Å². The molecule has 6 heteroatoms. The number of rotatable bonds is 0. The molecule has 108 valence electrons. The van der Waals surface area contributed by atoms with Gasteiger partial charge in [-0.05, 0) is 18.6 Å². The molecule has 2 rings (SSSR count). The number of ketones is 1. The molecule has 6 nitrogen and oxygen atoms in total. The van der Waals surface area contributed by atoms with E-state index in [9.17, 15) is 24.9 Å². The molecule has 1 heterocycles. The Kier molecular flexibility index (Phi) is 3.94. The van der Waals surface area contributed by atoms with Crippen LogP contribution in [0.3, 0.4) is 0 Å². The lowest BCUT2D eigenvalue weighted by atomic mass is 9.94. The monoisotopic (exact) mass is 280 g/mol. The Labute approximate surface area is 115 Å². The van der Waals surface area contributed by atoms with E-state index < -0.39 is 29.7 Å². The Morgan fingerprint density at radius 2 is 1.95 bits per heavy atom. The molecule has 0 aromatic heterocycles. The van der Waals surface area contributed by atoms with Crippen molar-refractivity contribution in [3.8, 4) is 11.5 Å². The standard InChI is InChI=1S/C14H16O6/c1-7-2-9(15)5-11(17)14-8(4-13(19)20-7)3-10(16)6-12(14)18/h3,6-7,9,15-16,18H,2,4-5H2,1H3/t7-,9-/m1/s1. The number of Topliss-reactive ketones (excluding diaryl/α,β-unsaturated/α-hetero) is 1. The number of aliphatic hydroxyl groups is 1. The van der Waals surface area contributed by atoms with Gasteiger partial charge in [-0.1, -0.05) is 0 Å². The van der Waals surface area contributed by atoms with Crippen molar-refractivity contribution in [3.05, 3.63) is 23.3 Å². The maximum atomic E-state index is 12.1. The number of carbonyl (C=O) groups excluding carboxylic acids is 2. The van der Waals surface area contributed by atoms with Gasteiger partial charge in [0.2, 0.25) is 0 Å². The summed E-state index contributed by atoms with van der Waals surface area (Å²) in [7, 11) is 0. The van der Waals surface area contributed by atoms with Gasteiger partial charge in [-0.3, -0.25) is 9.59 Å². The predicted molar refractivity (Wildman–Crippen MR) is 68.6 cm³/mol. The maximum absolute atomic E-state index is 12.1. The number of fused-ring (bicyclic) bond motifs is 1. The summed E-state index contributed by atoms with van der Waals surface area (Å²) in [5, 5.41) is 29.0. The van der Waals surface area contributed by atoms with Crippen LogP contribution >= 0.6 is 0 Å². The minimum Gasteiger partial charge on any atom is -0.508 e. The zero-order valence-electron chi connectivity index (χ0n) is 11.0. The Morgan fingerprint density at radius 3 is 2.65 bits per heavy atom. The molecule has 1 aromatic carbocycles. The fraction of sp³-hybridized carbons (Fsp3) is 0.429. The van der Waals surface area contributed by atoms with Crippen LogP contribution in [0.15, 0.2) is 12.1 Å². The molecule has 0 unspecified atom stereocenters. The van der Waals surface area contributed by atoms with Gasteiger partial charge in [0, 0.05) is 18.9 Å². The molecular weight excluding hydrogens is 264 g/mol. The van der Waals surface area contributed by atoms with E-state index in [-0.39, 0.29) is 36.1 Å². The number of aliphatic hydroxyl groups excluding tert-OH is 1. The molecule has 1 aliphatic rings. The van der Waals surface area contributed by atoms with Crippen molar-refractivity contribution >= 4 is 11.8 Å². The van der Waals surface area contributed by atoms with E-state index in [1.807, 2.05) is 0 Å². The zero-order valence-corrected chi connectivity index (χ0v) is 11.0. The molecule has 0 saturated carbocycles. The lowest BCUT2D eigenvalue weighted by Gasteiger charge is -2.20. The van der Waals surface area contributed by atoms with Crippen LogP contribution in [0.1, 0.15) is 35.7 Å². The predicted octanol–water partition coefficient (Wildman–Crippen LogP) is 0.909. The highest BCUT2D eigenvalue weighted by molar-refractivity contribution is 6.01. The minimum absolute atomic E-state index is 0.0478. The van der Waals surface area contributed by atoms with Gasteiger partial charge in [0.15, 0.2) is 5.78 Å². The SMILES string of the molecule is C[C@@H]1C[C@@H](O)CC(=O)c2c(O)cc(O)cc2CC(=O)O1. The molecule has 0 spiro atoms. The summed E-state index contributed by atoms with van der Waals surface area (Å²) in [6, 6.07) is 2.27. The van der Waals surface area contributed by atoms with Crippen LogP contribution in [0.5, 0.6) is 11.5 Å². The molecule has 0 bridgehead atoms. The molecule has 2 atom stereocenters. The number of ether oxygens (including phenoxy) is 1. The van der Waals surface area contributed by atoms with Crippen molar-refractivity contribution in [1.29, 1.82) is 0 Å². The molecule has 3 N–H and O–H groups in total. The lowest BCUT2D eigenvalue weighted by Crippen LogP contribution is -2.26. The van der Waals surface area contributed by atoms with Crippen LogP contribution in [0.4, 0.5) is 0 Å². The summed E-state index contributed by atoms with van der Waals surface area (Å²) in [4.78, 5) is 23.9. The van der Waals surface area contributed by atoms with Gasteiger partial charge in [0.1, 0.15) is 17.6 Å². The van der Waals surface area contributed by atoms with E-state index in [4.69, 9.17) is 4.74 Å². The summed E-state index contributed by atoms with van der Waals surface area (Å²) in [5.74, 6) is -1.69. The van der Waals surface area contributed by atoms with Gasteiger partial charge in [0.25, 0.3) is 0 Å². The highest BCUT2D eigenvalue weighted by Crippen LogP contribution is 2.30. The Balaban J connectivity index is 2.47. The summed E-state index contributed by atoms with van der Waals surface area (Å²) >= 11 is 0. The number of esters is 1. The highest BCUT2D eigenvalue weighted by Gasteiger charge is 2.26. The fourth-order valence-corrected chi connectivity index (χ4v) is 2.38.